The number of fused-ring (bicyclic) bond motifs is 1. The molecule has 0 aliphatic heterocycles. The van der Waals surface area contributed by atoms with Gasteiger partial charge in [-0.15, -0.1) is 0 Å². The number of imidazole rings is 1. The van der Waals surface area contributed by atoms with E-state index in [1.54, 1.807) is 0 Å². The summed E-state index contributed by atoms with van der Waals surface area (Å²) in [6, 6.07) is 6.43. The van der Waals surface area contributed by atoms with Crippen LogP contribution in [0.3, 0.4) is 0 Å². The first-order valence-electron chi connectivity index (χ1n) is 7.18. The number of H-pyrrole nitrogens is 2. The predicted octanol–water partition coefficient (Wildman–Crippen LogP) is 2.70. The normalized spacial score (nSPS) is 18.2. The zero-order chi connectivity index (χ0) is 13.2. The Labute approximate surface area is 112 Å². The molecule has 1 unspecified atom stereocenters. The van der Waals surface area contributed by atoms with Crippen molar-refractivity contribution < 1.29 is 0 Å². The molecule has 4 nitrogen and oxygen atoms in total. The fraction of sp³-hybridized carbons (Fsp3) is 0.533. The summed E-state index contributed by atoms with van der Waals surface area (Å²) in [5, 5.41) is 3.61. The summed E-state index contributed by atoms with van der Waals surface area (Å²) in [4.78, 5) is 16.8. The van der Waals surface area contributed by atoms with E-state index in [-0.39, 0.29) is 5.69 Å². The molecule has 1 aromatic heterocycles. The quantitative estimate of drug-likeness (QED) is 0.790. The van der Waals surface area contributed by atoms with Gasteiger partial charge >= 0.3 is 5.69 Å². The minimum Gasteiger partial charge on any atom is -0.310 e. The Hall–Kier alpha value is -1.55. The number of rotatable bonds is 4. The van der Waals surface area contributed by atoms with Crippen molar-refractivity contribution in [1.82, 2.24) is 15.3 Å². The third-order valence-corrected chi connectivity index (χ3v) is 4.23. The fourth-order valence-electron chi connectivity index (χ4n) is 3.00. The van der Waals surface area contributed by atoms with Crippen LogP contribution in [0.15, 0.2) is 23.0 Å². The maximum atomic E-state index is 11.2. The van der Waals surface area contributed by atoms with E-state index >= 15 is 0 Å². The summed E-state index contributed by atoms with van der Waals surface area (Å²) in [6.45, 7) is 3.28. The number of hydrogen-bond donors (Lipinski definition) is 3. The van der Waals surface area contributed by atoms with E-state index < -0.39 is 0 Å². The van der Waals surface area contributed by atoms with Gasteiger partial charge in [0.2, 0.25) is 0 Å². The highest BCUT2D eigenvalue weighted by Crippen LogP contribution is 2.25. The topological polar surface area (TPSA) is 60.7 Å². The molecule has 1 aliphatic carbocycles. The molecular formula is C15H21N3O. The van der Waals surface area contributed by atoms with Gasteiger partial charge in [0.1, 0.15) is 0 Å². The van der Waals surface area contributed by atoms with Crippen molar-refractivity contribution in [3.05, 3.63) is 34.2 Å². The van der Waals surface area contributed by atoms with Gasteiger partial charge in [-0.1, -0.05) is 18.9 Å². The molecule has 0 saturated heterocycles. The molecule has 0 bridgehead atoms. The van der Waals surface area contributed by atoms with E-state index in [9.17, 15) is 4.79 Å². The van der Waals surface area contributed by atoms with E-state index in [4.69, 9.17) is 0 Å². The molecular weight excluding hydrogens is 238 g/mol. The van der Waals surface area contributed by atoms with Crippen LogP contribution in [0.1, 0.15) is 44.2 Å². The van der Waals surface area contributed by atoms with Crippen LogP contribution < -0.4 is 11.0 Å². The average Bonchev–Trinajstić information content (AvgIpc) is 3.02. The van der Waals surface area contributed by atoms with E-state index in [2.05, 4.69) is 34.3 Å². The summed E-state index contributed by atoms with van der Waals surface area (Å²) in [7, 11) is 0. The van der Waals surface area contributed by atoms with Gasteiger partial charge in [0.15, 0.2) is 0 Å². The molecule has 0 spiro atoms. The molecule has 3 N–H and O–H groups in total. The summed E-state index contributed by atoms with van der Waals surface area (Å²) in [5.74, 6) is 0.846. The first-order chi connectivity index (χ1) is 9.22. The highest BCUT2D eigenvalue weighted by Gasteiger charge is 2.16. The van der Waals surface area contributed by atoms with Gasteiger partial charge in [0, 0.05) is 6.04 Å². The molecule has 102 valence electrons. The smallest absolute Gasteiger partial charge is 0.310 e. The molecule has 1 heterocycles. The lowest BCUT2D eigenvalue weighted by Gasteiger charge is -2.17. The number of aromatic nitrogens is 2. The van der Waals surface area contributed by atoms with Crippen LogP contribution in [0, 0.1) is 5.92 Å². The molecule has 4 heteroatoms. The molecule has 1 aliphatic rings. The monoisotopic (exact) mass is 259 g/mol. The molecule has 1 saturated carbocycles. The Kier molecular flexibility index (Phi) is 3.42. The second kappa shape index (κ2) is 5.21. The molecule has 0 radical (unpaired) electrons. The first kappa shape index (κ1) is 12.5. The van der Waals surface area contributed by atoms with Crippen LogP contribution in [0.5, 0.6) is 0 Å². The Bertz CT molecular complexity index is 607. The fourth-order valence-corrected chi connectivity index (χ4v) is 3.00. The minimum absolute atomic E-state index is 0.140. The zero-order valence-electron chi connectivity index (χ0n) is 11.3. The summed E-state index contributed by atoms with van der Waals surface area (Å²) >= 11 is 0. The summed E-state index contributed by atoms with van der Waals surface area (Å²) in [5.41, 5.74) is 2.84. The van der Waals surface area contributed by atoms with Crippen molar-refractivity contribution >= 4 is 11.0 Å². The number of hydrogen-bond acceptors (Lipinski definition) is 2. The summed E-state index contributed by atoms with van der Waals surface area (Å²) in [6.07, 6.45) is 5.50. The molecule has 0 amide bonds. The second-order valence-electron chi connectivity index (χ2n) is 5.66. The van der Waals surface area contributed by atoms with Crippen LogP contribution in [-0.2, 0) is 0 Å². The van der Waals surface area contributed by atoms with E-state index in [1.807, 2.05) is 6.07 Å². The van der Waals surface area contributed by atoms with Crippen molar-refractivity contribution in [2.45, 2.75) is 38.6 Å². The highest BCUT2D eigenvalue weighted by atomic mass is 16.1. The number of aromatic amines is 2. The van der Waals surface area contributed by atoms with Gasteiger partial charge in [-0.05, 0) is 49.9 Å². The first-order valence-corrected chi connectivity index (χ1v) is 7.18. The molecule has 3 rings (SSSR count). The Morgan fingerprint density at radius 2 is 2.00 bits per heavy atom. The van der Waals surface area contributed by atoms with Gasteiger partial charge in [0.25, 0.3) is 0 Å². The maximum absolute atomic E-state index is 11.2. The van der Waals surface area contributed by atoms with Crippen LogP contribution in [-0.4, -0.2) is 16.5 Å². The Morgan fingerprint density at radius 3 is 2.79 bits per heavy atom. The lowest BCUT2D eigenvalue weighted by atomic mass is 10.1. The lowest BCUT2D eigenvalue weighted by Crippen LogP contribution is -2.24. The van der Waals surface area contributed by atoms with Gasteiger partial charge < -0.3 is 15.3 Å². The van der Waals surface area contributed by atoms with Crippen LogP contribution in [0.4, 0.5) is 0 Å². The maximum Gasteiger partial charge on any atom is 0.323 e. The molecule has 19 heavy (non-hydrogen) atoms. The van der Waals surface area contributed by atoms with Gasteiger partial charge in [-0.2, -0.15) is 0 Å². The van der Waals surface area contributed by atoms with E-state index in [1.165, 1.54) is 31.2 Å². The van der Waals surface area contributed by atoms with Gasteiger partial charge in [-0.3, -0.25) is 0 Å². The third kappa shape index (κ3) is 2.73. The van der Waals surface area contributed by atoms with Gasteiger partial charge in [0.05, 0.1) is 11.0 Å². The zero-order valence-corrected chi connectivity index (χ0v) is 11.3. The standard InChI is InChI=1S/C15H21N3O/c1-10(16-9-11-4-2-3-5-11)12-6-7-13-14(8-12)18-15(19)17-13/h6-8,10-11,16H,2-5,9H2,1H3,(H2,17,18,19). The molecule has 1 fully saturated rings. The molecule has 1 atom stereocenters. The summed E-state index contributed by atoms with van der Waals surface area (Å²) < 4.78 is 0. The van der Waals surface area contributed by atoms with Crippen molar-refractivity contribution in [2.24, 2.45) is 5.92 Å². The van der Waals surface area contributed by atoms with Crippen molar-refractivity contribution in [3.8, 4) is 0 Å². The third-order valence-electron chi connectivity index (χ3n) is 4.23. The minimum atomic E-state index is -0.140. The molecule has 1 aromatic carbocycles. The predicted molar refractivity (Wildman–Crippen MR) is 77.3 cm³/mol. The second-order valence-corrected chi connectivity index (χ2v) is 5.66. The van der Waals surface area contributed by atoms with Crippen molar-refractivity contribution in [1.29, 1.82) is 0 Å². The molecule has 2 aromatic rings. The van der Waals surface area contributed by atoms with Crippen LogP contribution in [0.25, 0.3) is 11.0 Å². The highest BCUT2D eigenvalue weighted by molar-refractivity contribution is 5.75. The Balaban J connectivity index is 1.69. The largest absolute Gasteiger partial charge is 0.323 e. The van der Waals surface area contributed by atoms with Crippen LogP contribution >= 0.6 is 0 Å². The lowest BCUT2D eigenvalue weighted by molar-refractivity contribution is 0.453. The van der Waals surface area contributed by atoms with Crippen molar-refractivity contribution in [2.75, 3.05) is 6.54 Å². The Morgan fingerprint density at radius 1 is 1.26 bits per heavy atom. The SMILES string of the molecule is CC(NCC1CCCC1)c1ccc2[nH]c(=O)[nH]c2c1. The number of nitrogens with one attached hydrogen (secondary N) is 3. The average molecular weight is 259 g/mol. The van der Waals surface area contributed by atoms with E-state index in [0.717, 1.165) is 23.5 Å². The van der Waals surface area contributed by atoms with Gasteiger partial charge in [-0.25, -0.2) is 4.79 Å². The van der Waals surface area contributed by atoms with Crippen LogP contribution in [0.2, 0.25) is 0 Å². The number of benzene rings is 1. The van der Waals surface area contributed by atoms with E-state index in [0.29, 0.717) is 6.04 Å². The van der Waals surface area contributed by atoms with Crippen molar-refractivity contribution in [3.63, 3.8) is 0 Å².